The minimum atomic E-state index is -0.679. The van der Waals surface area contributed by atoms with Crippen LogP contribution < -0.4 is 5.32 Å². The average molecular weight is 291 g/mol. The second-order valence-electron chi connectivity index (χ2n) is 5.12. The van der Waals surface area contributed by atoms with Gasteiger partial charge in [0.25, 0.3) is 0 Å². The predicted molar refractivity (Wildman–Crippen MR) is 84.3 cm³/mol. The Morgan fingerprint density at radius 3 is 2.75 bits per heavy atom. The molecule has 0 aliphatic rings. The van der Waals surface area contributed by atoms with Crippen LogP contribution in [0.4, 0.5) is 0 Å². The maximum absolute atomic E-state index is 10.1. The molecule has 0 fully saturated rings. The fourth-order valence-corrected chi connectivity index (χ4v) is 2.73. The smallest absolute Gasteiger partial charge is 0.0833 e. The van der Waals surface area contributed by atoms with Crippen LogP contribution in [0.3, 0.4) is 0 Å². The first-order valence-corrected chi connectivity index (χ1v) is 8.02. The van der Waals surface area contributed by atoms with Gasteiger partial charge in [0, 0.05) is 25.0 Å². The van der Waals surface area contributed by atoms with Gasteiger partial charge in [0.15, 0.2) is 0 Å². The van der Waals surface area contributed by atoms with Gasteiger partial charge in [-0.2, -0.15) is 16.9 Å². The summed E-state index contributed by atoms with van der Waals surface area (Å²) in [5, 5.41) is 17.8. The maximum Gasteiger partial charge on any atom is 0.0833 e. The molecule has 4 nitrogen and oxygen atoms in total. The molecule has 0 bridgehead atoms. The molecule has 1 aromatic heterocycles. The number of benzene rings is 1. The number of aliphatic hydroxyl groups is 1. The zero-order valence-electron chi connectivity index (χ0n) is 11.9. The Morgan fingerprint density at radius 2 is 2.05 bits per heavy atom. The summed E-state index contributed by atoms with van der Waals surface area (Å²) >= 11 is 1.65. The molecular weight excluding hydrogens is 270 g/mol. The molecule has 2 aromatic rings. The number of thioether (sulfide) groups is 1. The topological polar surface area (TPSA) is 50.1 Å². The zero-order chi connectivity index (χ0) is 14.4. The SMILES string of the molecule is CSCC(C)(O)CNCc1ccn(-c2ccccc2)n1. The fourth-order valence-electron chi connectivity index (χ4n) is 2.00. The Hall–Kier alpha value is -1.30. The maximum atomic E-state index is 10.1. The van der Waals surface area contributed by atoms with Crippen molar-refractivity contribution < 1.29 is 5.11 Å². The molecule has 1 atom stereocenters. The van der Waals surface area contributed by atoms with E-state index in [2.05, 4.69) is 10.4 Å². The second kappa shape index (κ2) is 6.92. The molecule has 0 amide bonds. The molecule has 1 aromatic carbocycles. The van der Waals surface area contributed by atoms with Crippen LogP contribution in [0.15, 0.2) is 42.6 Å². The van der Waals surface area contributed by atoms with E-state index in [0.717, 1.165) is 17.1 Å². The molecule has 0 aliphatic heterocycles. The number of hydrogen-bond acceptors (Lipinski definition) is 4. The third-order valence-electron chi connectivity index (χ3n) is 2.93. The minimum absolute atomic E-state index is 0.562. The molecule has 5 heteroatoms. The molecule has 2 N–H and O–H groups in total. The summed E-state index contributed by atoms with van der Waals surface area (Å²) in [5.41, 5.74) is 1.34. The Bertz CT molecular complexity index is 525. The summed E-state index contributed by atoms with van der Waals surface area (Å²) in [6, 6.07) is 12.0. The summed E-state index contributed by atoms with van der Waals surface area (Å²) in [4.78, 5) is 0. The highest BCUT2D eigenvalue weighted by molar-refractivity contribution is 7.98. The summed E-state index contributed by atoms with van der Waals surface area (Å²) in [7, 11) is 0. The monoisotopic (exact) mass is 291 g/mol. The number of para-hydroxylation sites is 1. The molecule has 108 valence electrons. The molecule has 2 rings (SSSR count). The van der Waals surface area contributed by atoms with Crippen LogP contribution in [0.2, 0.25) is 0 Å². The van der Waals surface area contributed by atoms with Gasteiger partial charge in [0.1, 0.15) is 0 Å². The van der Waals surface area contributed by atoms with Crippen molar-refractivity contribution in [2.75, 3.05) is 18.6 Å². The average Bonchev–Trinajstić information content (AvgIpc) is 2.88. The summed E-state index contributed by atoms with van der Waals surface area (Å²) in [6.07, 6.45) is 3.95. The lowest BCUT2D eigenvalue weighted by molar-refractivity contribution is 0.0845. The molecule has 0 spiro atoms. The summed E-state index contributed by atoms with van der Waals surface area (Å²) in [5.74, 6) is 0.721. The van der Waals surface area contributed by atoms with E-state index in [0.29, 0.717) is 13.1 Å². The van der Waals surface area contributed by atoms with Gasteiger partial charge in [-0.3, -0.25) is 0 Å². The first-order chi connectivity index (χ1) is 9.61. The van der Waals surface area contributed by atoms with E-state index >= 15 is 0 Å². The quantitative estimate of drug-likeness (QED) is 0.820. The van der Waals surface area contributed by atoms with Gasteiger partial charge >= 0.3 is 0 Å². The van der Waals surface area contributed by atoms with Crippen LogP contribution in [0.5, 0.6) is 0 Å². The van der Waals surface area contributed by atoms with Crippen molar-refractivity contribution >= 4 is 11.8 Å². The third-order valence-corrected chi connectivity index (χ3v) is 3.84. The Labute approximate surface area is 124 Å². The summed E-state index contributed by atoms with van der Waals surface area (Å²) < 4.78 is 1.86. The van der Waals surface area contributed by atoms with Gasteiger partial charge in [0.2, 0.25) is 0 Å². The number of nitrogens with one attached hydrogen (secondary N) is 1. The van der Waals surface area contributed by atoms with Crippen molar-refractivity contribution in [1.29, 1.82) is 0 Å². The Balaban J connectivity index is 1.88. The predicted octanol–water partition coefficient (Wildman–Crippen LogP) is 2.08. The van der Waals surface area contributed by atoms with Gasteiger partial charge in [-0.15, -0.1) is 0 Å². The van der Waals surface area contributed by atoms with Gasteiger partial charge in [-0.25, -0.2) is 4.68 Å². The van der Waals surface area contributed by atoms with E-state index < -0.39 is 5.60 Å². The molecule has 20 heavy (non-hydrogen) atoms. The number of hydrogen-bond donors (Lipinski definition) is 2. The van der Waals surface area contributed by atoms with E-state index in [-0.39, 0.29) is 0 Å². The highest BCUT2D eigenvalue weighted by atomic mass is 32.2. The van der Waals surface area contributed by atoms with Crippen LogP contribution in [-0.4, -0.2) is 39.0 Å². The third kappa shape index (κ3) is 4.37. The van der Waals surface area contributed by atoms with Gasteiger partial charge in [-0.1, -0.05) is 18.2 Å². The molecule has 1 heterocycles. The van der Waals surface area contributed by atoms with Crippen molar-refractivity contribution in [3.63, 3.8) is 0 Å². The van der Waals surface area contributed by atoms with Crippen LogP contribution in [0.1, 0.15) is 12.6 Å². The van der Waals surface area contributed by atoms with Gasteiger partial charge in [0.05, 0.1) is 17.0 Å². The van der Waals surface area contributed by atoms with Crippen molar-refractivity contribution in [2.45, 2.75) is 19.1 Å². The standard InChI is InChI=1S/C15H21N3OS/c1-15(19,12-20-2)11-16-10-13-8-9-18(17-13)14-6-4-3-5-7-14/h3-9,16,19H,10-12H2,1-2H3. The lowest BCUT2D eigenvalue weighted by Gasteiger charge is -2.22. The van der Waals surface area contributed by atoms with E-state index in [1.165, 1.54) is 0 Å². The molecule has 0 saturated carbocycles. The molecular formula is C15H21N3OS. The highest BCUT2D eigenvalue weighted by Gasteiger charge is 2.18. The fraction of sp³-hybridized carbons (Fsp3) is 0.400. The van der Waals surface area contributed by atoms with Crippen molar-refractivity contribution in [3.8, 4) is 5.69 Å². The van der Waals surface area contributed by atoms with Crippen molar-refractivity contribution in [3.05, 3.63) is 48.3 Å². The zero-order valence-corrected chi connectivity index (χ0v) is 12.7. The lowest BCUT2D eigenvalue weighted by atomic mass is 10.1. The second-order valence-corrected chi connectivity index (χ2v) is 5.99. The largest absolute Gasteiger partial charge is 0.388 e. The van der Waals surface area contributed by atoms with Crippen LogP contribution in [-0.2, 0) is 6.54 Å². The van der Waals surface area contributed by atoms with E-state index in [4.69, 9.17) is 0 Å². The van der Waals surface area contributed by atoms with E-state index in [1.54, 1.807) is 11.8 Å². The van der Waals surface area contributed by atoms with E-state index in [9.17, 15) is 5.11 Å². The Kier molecular flexibility index (Phi) is 5.23. The van der Waals surface area contributed by atoms with Crippen LogP contribution in [0.25, 0.3) is 5.69 Å². The molecule has 1 unspecified atom stereocenters. The highest BCUT2D eigenvalue weighted by Crippen LogP contribution is 2.10. The van der Waals surface area contributed by atoms with Crippen LogP contribution in [0, 0.1) is 0 Å². The normalized spacial score (nSPS) is 14.2. The molecule has 0 saturated heterocycles. The van der Waals surface area contributed by atoms with Crippen molar-refractivity contribution in [1.82, 2.24) is 15.1 Å². The van der Waals surface area contributed by atoms with E-state index in [1.807, 2.05) is 60.5 Å². The lowest BCUT2D eigenvalue weighted by Crippen LogP contribution is -2.39. The number of nitrogens with zero attached hydrogens (tertiary/aromatic N) is 2. The molecule has 0 aliphatic carbocycles. The van der Waals surface area contributed by atoms with Gasteiger partial charge in [-0.05, 0) is 31.4 Å². The van der Waals surface area contributed by atoms with Crippen molar-refractivity contribution in [2.24, 2.45) is 0 Å². The number of rotatable bonds is 7. The minimum Gasteiger partial charge on any atom is -0.388 e. The van der Waals surface area contributed by atoms with Gasteiger partial charge < -0.3 is 10.4 Å². The first-order valence-electron chi connectivity index (χ1n) is 6.63. The molecule has 0 radical (unpaired) electrons. The first kappa shape index (κ1) is 15.1. The summed E-state index contributed by atoms with van der Waals surface area (Å²) in [6.45, 7) is 3.06. The van der Waals surface area contributed by atoms with Crippen LogP contribution >= 0.6 is 11.8 Å². The Morgan fingerprint density at radius 1 is 1.30 bits per heavy atom. The number of aromatic nitrogens is 2.